The van der Waals surface area contributed by atoms with Crippen LogP contribution in [-0.4, -0.2) is 40.9 Å². The van der Waals surface area contributed by atoms with Crippen LogP contribution >= 0.6 is 27.5 Å². The Labute approximate surface area is 151 Å². The Bertz CT molecular complexity index is 863. The maximum atomic E-state index is 12.3. The Kier molecular flexibility index (Phi) is 5.66. The summed E-state index contributed by atoms with van der Waals surface area (Å²) in [5, 5.41) is 23.2. The van der Waals surface area contributed by atoms with Gasteiger partial charge in [0.25, 0.3) is 0 Å². The topological polar surface area (TPSA) is 122 Å². The van der Waals surface area contributed by atoms with Gasteiger partial charge in [0.05, 0.1) is 12.3 Å². The van der Waals surface area contributed by atoms with E-state index < -0.39 is 32.7 Å². The molecule has 24 heavy (non-hydrogen) atoms. The maximum absolute atomic E-state index is 12.3. The van der Waals surface area contributed by atoms with E-state index in [2.05, 4.69) is 25.8 Å². The van der Waals surface area contributed by atoms with Crippen molar-refractivity contribution >= 4 is 43.5 Å². The van der Waals surface area contributed by atoms with Crippen molar-refractivity contribution in [1.29, 1.82) is 0 Å². The lowest BCUT2D eigenvalue weighted by molar-refractivity contribution is 0.0680. The molecule has 0 radical (unpaired) electrons. The van der Waals surface area contributed by atoms with Crippen molar-refractivity contribution in [3.8, 4) is 0 Å². The number of nitrogens with one attached hydrogen (secondary N) is 1. The number of aryl methyl sites for hydroxylation is 1. The highest BCUT2D eigenvalue weighted by Gasteiger charge is 2.27. The minimum absolute atomic E-state index is 0.358. The van der Waals surface area contributed by atoms with Crippen LogP contribution in [0.25, 0.3) is 0 Å². The molecule has 0 aliphatic carbocycles. The first-order chi connectivity index (χ1) is 11.1. The van der Waals surface area contributed by atoms with E-state index in [-0.39, 0.29) is 6.54 Å². The first-order valence-corrected chi connectivity index (χ1v) is 9.16. The smallest absolute Gasteiger partial charge is 0.355 e. The highest BCUT2D eigenvalue weighted by atomic mass is 79.9. The van der Waals surface area contributed by atoms with Crippen LogP contribution < -0.4 is 4.72 Å². The minimum atomic E-state index is -4.16. The van der Waals surface area contributed by atoms with Crippen molar-refractivity contribution in [1.82, 2.24) is 14.5 Å². The molecule has 8 nitrogen and oxygen atoms in total. The molecule has 0 aliphatic heterocycles. The summed E-state index contributed by atoms with van der Waals surface area (Å²) < 4.78 is 28.3. The molecule has 2 aromatic rings. The number of rotatable bonds is 6. The van der Waals surface area contributed by atoms with Gasteiger partial charge in [0.15, 0.2) is 5.69 Å². The predicted molar refractivity (Wildman–Crippen MR) is 89.5 cm³/mol. The number of hydrogen-bond acceptors (Lipinski definition) is 5. The van der Waals surface area contributed by atoms with E-state index in [1.54, 1.807) is 12.1 Å². The van der Waals surface area contributed by atoms with Crippen molar-refractivity contribution in [2.24, 2.45) is 7.05 Å². The molecule has 3 N–H and O–H groups in total. The average Bonchev–Trinajstić information content (AvgIpc) is 2.86. The lowest BCUT2D eigenvalue weighted by Crippen LogP contribution is -2.29. The summed E-state index contributed by atoms with van der Waals surface area (Å²) in [6.45, 7) is -0.358. The number of sulfonamides is 1. The Balaban J connectivity index is 2.20. The number of benzene rings is 1. The summed E-state index contributed by atoms with van der Waals surface area (Å²) in [6.07, 6.45) is -0.228. The minimum Gasteiger partial charge on any atom is -0.476 e. The molecule has 0 spiro atoms. The van der Waals surface area contributed by atoms with Gasteiger partial charge in [0.1, 0.15) is 4.90 Å². The molecule has 0 aliphatic rings. The van der Waals surface area contributed by atoms with Gasteiger partial charge in [0.2, 0.25) is 10.0 Å². The Hall–Kier alpha value is -1.46. The van der Waals surface area contributed by atoms with Crippen molar-refractivity contribution in [2.75, 3.05) is 6.54 Å². The Morgan fingerprint density at radius 3 is 2.71 bits per heavy atom. The van der Waals surface area contributed by atoms with Crippen LogP contribution in [0.15, 0.2) is 33.8 Å². The van der Waals surface area contributed by atoms with Crippen LogP contribution in [-0.2, 0) is 17.1 Å². The second kappa shape index (κ2) is 7.19. The van der Waals surface area contributed by atoms with Gasteiger partial charge in [-0.15, -0.1) is 0 Å². The summed E-state index contributed by atoms with van der Waals surface area (Å²) in [7, 11) is -2.84. The standard InChI is InChI=1S/C13H13BrClN3O5S/c1-18-12(13(20)21)11(6-16-18)24(22,23)17-5-10(19)7-2-8(14)4-9(15)3-7/h2-4,6,10,17,19H,5H2,1H3,(H,20,21)/t10-/m0/s1. The molecule has 1 heterocycles. The lowest BCUT2D eigenvalue weighted by atomic mass is 10.1. The van der Waals surface area contributed by atoms with E-state index in [1.165, 1.54) is 13.1 Å². The van der Waals surface area contributed by atoms with Crippen LogP contribution in [0.5, 0.6) is 0 Å². The second-order valence-electron chi connectivity index (χ2n) is 4.86. The molecule has 1 aromatic carbocycles. The first-order valence-electron chi connectivity index (χ1n) is 6.51. The number of nitrogens with zero attached hydrogens (tertiary/aromatic N) is 2. The molecular formula is C13H13BrClN3O5S. The number of aliphatic hydroxyl groups is 1. The molecule has 130 valence electrons. The van der Waals surface area contributed by atoms with Crippen LogP contribution in [0, 0.1) is 0 Å². The van der Waals surface area contributed by atoms with Crippen molar-refractivity contribution < 1.29 is 23.4 Å². The quantitative estimate of drug-likeness (QED) is 0.629. The summed E-state index contributed by atoms with van der Waals surface area (Å²) >= 11 is 9.11. The summed E-state index contributed by atoms with van der Waals surface area (Å²) in [5.74, 6) is -1.42. The van der Waals surface area contributed by atoms with E-state index in [9.17, 15) is 18.3 Å². The molecule has 0 unspecified atom stereocenters. The molecule has 0 saturated heterocycles. The molecule has 1 atom stereocenters. The number of carbonyl (C=O) groups is 1. The van der Waals surface area contributed by atoms with E-state index in [0.717, 1.165) is 10.9 Å². The molecule has 11 heteroatoms. The predicted octanol–water partition coefficient (Wildman–Crippen LogP) is 1.55. The fourth-order valence-electron chi connectivity index (χ4n) is 2.01. The van der Waals surface area contributed by atoms with Crippen molar-refractivity contribution in [3.05, 3.63) is 45.1 Å². The number of aliphatic hydroxyl groups excluding tert-OH is 1. The molecule has 0 saturated carbocycles. The second-order valence-corrected chi connectivity index (χ2v) is 7.94. The third-order valence-electron chi connectivity index (χ3n) is 3.13. The number of halogens is 2. The monoisotopic (exact) mass is 437 g/mol. The summed E-state index contributed by atoms with van der Waals surface area (Å²) in [5.41, 5.74) is -0.0655. The van der Waals surface area contributed by atoms with Crippen molar-refractivity contribution in [2.45, 2.75) is 11.0 Å². The van der Waals surface area contributed by atoms with Gasteiger partial charge in [-0.25, -0.2) is 17.9 Å². The molecule has 0 fully saturated rings. The summed E-state index contributed by atoms with van der Waals surface area (Å²) in [4.78, 5) is 10.7. The van der Waals surface area contributed by atoms with E-state index in [1.807, 2.05) is 0 Å². The zero-order valence-corrected chi connectivity index (χ0v) is 15.4. The number of aromatic nitrogens is 2. The van der Waals surface area contributed by atoms with E-state index in [4.69, 9.17) is 16.7 Å². The normalized spacial score (nSPS) is 13.0. The summed E-state index contributed by atoms with van der Waals surface area (Å²) in [6, 6.07) is 4.71. The maximum Gasteiger partial charge on any atom is 0.355 e. The third kappa shape index (κ3) is 4.14. The first kappa shape index (κ1) is 18.9. The fraction of sp³-hybridized carbons (Fsp3) is 0.231. The molecule has 1 aromatic heterocycles. The van der Waals surface area contributed by atoms with E-state index >= 15 is 0 Å². The van der Waals surface area contributed by atoms with Gasteiger partial charge in [0, 0.05) is 23.1 Å². The lowest BCUT2D eigenvalue weighted by Gasteiger charge is -2.13. The van der Waals surface area contributed by atoms with Gasteiger partial charge in [-0.2, -0.15) is 5.10 Å². The Morgan fingerprint density at radius 1 is 1.46 bits per heavy atom. The highest BCUT2D eigenvalue weighted by Crippen LogP contribution is 2.24. The van der Waals surface area contributed by atoms with Gasteiger partial charge in [-0.1, -0.05) is 27.5 Å². The SMILES string of the molecule is Cn1ncc(S(=O)(=O)NC[C@H](O)c2cc(Cl)cc(Br)c2)c1C(=O)O. The fourth-order valence-corrected chi connectivity index (χ4v) is 4.09. The van der Waals surface area contributed by atoms with Crippen LogP contribution in [0.3, 0.4) is 0 Å². The zero-order chi connectivity index (χ0) is 18.1. The largest absolute Gasteiger partial charge is 0.476 e. The highest BCUT2D eigenvalue weighted by molar-refractivity contribution is 9.10. The third-order valence-corrected chi connectivity index (χ3v) is 5.23. The van der Waals surface area contributed by atoms with Gasteiger partial charge in [-0.05, 0) is 23.8 Å². The van der Waals surface area contributed by atoms with Crippen LogP contribution in [0.1, 0.15) is 22.2 Å². The number of carboxylic acids is 1. The molecule has 2 rings (SSSR count). The zero-order valence-electron chi connectivity index (χ0n) is 12.3. The number of carboxylic acid groups (broad SMARTS) is 1. The van der Waals surface area contributed by atoms with Gasteiger partial charge >= 0.3 is 5.97 Å². The number of aromatic carboxylic acids is 1. The number of hydrogen-bond donors (Lipinski definition) is 3. The van der Waals surface area contributed by atoms with Crippen LogP contribution in [0.2, 0.25) is 5.02 Å². The Morgan fingerprint density at radius 2 is 2.12 bits per heavy atom. The molecular weight excluding hydrogens is 426 g/mol. The average molecular weight is 439 g/mol. The van der Waals surface area contributed by atoms with Crippen LogP contribution in [0.4, 0.5) is 0 Å². The van der Waals surface area contributed by atoms with E-state index in [0.29, 0.717) is 15.1 Å². The van der Waals surface area contributed by atoms with Gasteiger partial charge < -0.3 is 10.2 Å². The van der Waals surface area contributed by atoms with Crippen molar-refractivity contribution in [3.63, 3.8) is 0 Å². The molecule has 0 bridgehead atoms. The van der Waals surface area contributed by atoms with Gasteiger partial charge in [-0.3, -0.25) is 4.68 Å². The molecule has 0 amide bonds.